The Labute approximate surface area is 198 Å². The smallest absolute Gasteiger partial charge is 0.291 e. The summed E-state index contributed by atoms with van der Waals surface area (Å²) < 4.78 is 52.0. The van der Waals surface area contributed by atoms with E-state index in [1.165, 1.54) is 23.0 Å². The highest BCUT2D eigenvalue weighted by molar-refractivity contribution is 7.89. The number of nitrogens with one attached hydrogen (secondary N) is 1. The van der Waals surface area contributed by atoms with Crippen molar-refractivity contribution < 1.29 is 22.0 Å². The van der Waals surface area contributed by atoms with E-state index >= 15 is 0 Å². The van der Waals surface area contributed by atoms with Gasteiger partial charge in [0.25, 0.3) is 6.43 Å². The van der Waals surface area contributed by atoms with Gasteiger partial charge < -0.3 is 10.2 Å². The number of sulfonamides is 1. The molecular formula is C20H23F2N7O3S2. The first kappa shape index (κ1) is 23.2. The van der Waals surface area contributed by atoms with Crippen LogP contribution in [-0.4, -0.2) is 59.9 Å². The van der Waals surface area contributed by atoms with Crippen molar-refractivity contribution in [3.05, 3.63) is 23.3 Å². The molecule has 1 aliphatic heterocycles. The Morgan fingerprint density at radius 1 is 1.24 bits per heavy atom. The molecule has 14 heteroatoms. The lowest BCUT2D eigenvalue weighted by atomic mass is 9.94. The average molecular weight is 512 g/mol. The molecule has 2 aliphatic rings. The minimum absolute atomic E-state index is 0.0128. The number of primary sulfonamides is 1. The van der Waals surface area contributed by atoms with Gasteiger partial charge in [0.05, 0.1) is 16.6 Å². The molecule has 10 nitrogen and oxygen atoms in total. The topological polar surface area (TPSA) is 136 Å². The fraction of sp³-hybridized carbons (Fsp3) is 0.500. The number of benzene rings is 1. The lowest BCUT2D eigenvalue weighted by molar-refractivity contribution is -0.124. The zero-order valence-electron chi connectivity index (χ0n) is 18.0. The number of fused-ring (bicyclic) bond motifs is 1. The molecule has 2 fully saturated rings. The maximum atomic E-state index is 13.4. The first-order valence-corrected chi connectivity index (χ1v) is 13.3. The molecule has 1 aliphatic carbocycles. The van der Waals surface area contributed by atoms with Crippen molar-refractivity contribution in [2.45, 2.75) is 43.0 Å². The first-order chi connectivity index (χ1) is 16.2. The Morgan fingerprint density at radius 3 is 2.68 bits per heavy atom. The molecule has 1 unspecified atom stereocenters. The second-order valence-electron chi connectivity index (χ2n) is 8.50. The molecular weight excluding hydrogens is 488 g/mol. The molecule has 34 heavy (non-hydrogen) atoms. The predicted octanol–water partition coefficient (Wildman–Crippen LogP) is 2.00. The van der Waals surface area contributed by atoms with E-state index in [0.717, 1.165) is 25.7 Å². The molecule has 0 radical (unpaired) electrons. The molecule has 5 rings (SSSR count). The number of rotatable bonds is 6. The number of Topliss-reactive ketones (excluding diaryl/α,β-unsaturated/α-hetero) is 1. The number of anilines is 1. The van der Waals surface area contributed by atoms with Crippen molar-refractivity contribution >= 4 is 43.7 Å². The largest absolute Gasteiger partial charge is 0.358 e. The van der Waals surface area contributed by atoms with Crippen LogP contribution >= 0.6 is 11.3 Å². The van der Waals surface area contributed by atoms with Crippen molar-refractivity contribution in [3.63, 3.8) is 0 Å². The lowest BCUT2D eigenvalue weighted by Crippen LogP contribution is -2.56. The third-order valence-corrected chi connectivity index (χ3v) is 8.20. The molecule has 0 bridgehead atoms. The summed E-state index contributed by atoms with van der Waals surface area (Å²) in [5, 5.41) is 20.5. The molecule has 1 aromatic carbocycles. The lowest BCUT2D eigenvalue weighted by Gasteiger charge is -2.38. The molecule has 3 N–H and O–H groups in total. The summed E-state index contributed by atoms with van der Waals surface area (Å²) in [6.45, 7) is 1.53. The van der Waals surface area contributed by atoms with Crippen molar-refractivity contribution in [1.29, 1.82) is 0 Å². The maximum Gasteiger partial charge on any atom is 0.291 e. The van der Waals surface area contributed by atoms with Gasteiger partial charge in [-0.05, 0) is 25.0 Å². The van der Waals surface area contributed by atoms with Gasteiger partial charge in [-0.3, -0.25) is 4.79 Å². The van der Waals surface area contributed by atoms with E-state index in [9.17, 15) is 22.0 Å². The molecule has 2 aromatic heterocycles. The van der Waals surface area contributed by atoms with Crippen LogP contribution in [0.25, 0.3) is 16.0 Å². The summed E-state index contributed by atoms with van der Waals surface area (Å²) in [4.78, 5) is 15.1. The van der Waals surface area contributed by atoms with E-state index in [4.69, 9.17) is 5.14 Å². The van der Waals surface area contributed by atoms with Crippen LogP contribution in [-0.2, 0) is 14.8 Å². The number of ketones is 1. The summed E-state index contributed by atoms with van der Waals surface area (Å²) in [6, 6.07) is 2.32. The van der Waals surface area contributed by atoms with Crippen molar-refractivity contribution in [3.8, 4) is 5.13 Å². The normalized spacial score (nSPS) is 20.0. The standard InChI is InChI=1S/C20H23F2N7O3S2/c21-18(22)19-26-27-20(33-19)29-15-8-12(34(23,31)32)7-14(13(15)9-25-29)28-6-5-24-10-16(28)17(30)11-3-1-2-4-11/h7-9,11,16,18,24H,1-6,10H2,(H2,23,31,32). The number of nitrogens with zero attached hydrogens (tertiary/aromatic N) is 5. The summed E-state index contributed by atoms with van der Waals surface area (Å²) >= 11 is 0.660. The number of alkyl halides is 2. The van der Waals surface area contributed by atoms with Crippen LogP contribution < -0.4 is 15.4 Å². The monoisotopic (exact) mass is 511 g/mol. The van der Waals surface area contributed by atoms with Gasteiger partial charge >= 0.3 is 0 Å². The summed E-state index contributed by atoms with van der Waals surface area (Å²) in [5.41, 5.74) is 0.827. The first-order valence-electron chi connectivity index (χ1n) is 10.9. The fourth-order valence-corrected chi connectivity index (χ4v) is 5.99. The number of halogens is 2. The number of aromatic nitrogens is 4. The minimum atomic E-state index is -4.11. The van der Waals surface area contributed by atoms with Crippen LogP contribution in [0.2, 0.25) is 0 Å². The third-order valence-electron chi connectivity index (χ3n) is 6.41. The van der Waals surface area contributed by atoms with E-state index in [0.29, 0.717) is 47.6 Å². The number of nitrogens with two attached hydrogens (primary N) is 1. The van der Waals surface area contributed by atoms with E-state index in [-0.39, 0.29) is 21.7 Å². The number of carbonyl (C=O) groups is 1. The average Bonchev–Trinajstić information content (AvgIpc) is 3.57. The minimum Gasteiger partial charge on any atom is -0.358 e. The second-order valence-corrected chi connectivity index (χ2v) is 11.0. The summed E-state index contributed by atoms with van der Waals surface area (Å²) in [7, 11) is -4.11. The van der Waals surface area contributed by atoms with Crippen LogP contribution in [0.1, 0.15) is 37.1 Å². The number of hydrogen-bond acceptors (Lipinski definition) is 9. The highest BCUT2D eigenvalue weighted by Crippen LogP contribution is 2.36. The van der Waals surface area contributed by atoms with Gasteiger partial charge in [0.1, 0.15) is 6.04 Å². The van der Waals surface area contributed by atoms with Crippen molar-refractivity contribution in [2.24, 2.45) is 11.1 Å². The van der Waals surface area contributed by atoms with E-state index < -0.39 is 27.5 Å². The molecule has 3 heterocycles. The molecule has 0 spiro atoms. The molecule has 1 saturated heterocycles. The Morgan fingerprint density at radius 2 is 2.00 bits per heavy atom. The summed E-state index contributed by atoms with van der Waals surface area (Å²) in [6.07, 6.45) is 2.49. The van der Waals surface area contributed by atoms with Gasteiger partial charge in [0.2, 0.25) is 15.2 Å². The third kappa shape index (κ3) is 4.19. The van der Waals surface area contributed by atoms with Crippen LogP contribution in [0.15, 0.2) is 23.2 Å². The molecule has 0 amide bonds. The maximum absolute atomic E-state index is 13.4. The fourth-order valence-electron chi connectivity index (χ4n) is 4.77. The van der Waals surface area contributed by atoms with Crippen LogP contribution in [0.4, 0.5) is 14.5 Å². The second kappa shape index (κ2) is 8.91. The summed E-state index contributed by atoms with van der Waals surface area (Å²) in [5.74, 6) is 0.123. The van der Waals surface area contributed by atoms with Gasteiger partial charge in [0.15, 0.2) is 10.8 Å². The van der Waals surface area contributed by atoms with E-state index in [1.54, 1.807) is 0 Å². The van der Waals surface area contributed by atoms with Gasteiger partial charge in [-0.25, -0.2) is 27.0 Å². The number of hydrogen-bond donors (Lipinski definition) is 2. The van der Waals surface area contributed by atoms with E-state index in [2.05, 4.69) is 20.6 Å². The Bertz CT molecular complexity index is 1340. The van der Waals surface area contributed by atoms with Gasteiger partial charge in [-0.1, -0.05) is 24.2 Å². The van der Waals surface area contributed by atoms with Crippen molar-refractivity contribution in [1.82, 2.24) is 25.3 Å². The highest BCUT2D eigenvalue weighted by atomic mass is 32.2. The van der Waals surface area contributed by atoms with Gasteiger partial charge in [-0.15, -0.1) is 10.2 Å². The van der Waals surface area contributed by atoms with E-state index in [1.807, 2.05) is 4.90 Å². The van der Waals surface area contributed by atoms with Crippen molar-refractivity contribution in [2.75, 3.05) is 24.5 Å². The Kier molecular flexibility index (Phi) is 6.08. The molecule has 1 saturated carbocycles. The number of piperazine rings is 1. The van der Waals surface area contributed by atoms with Crippen LogP contribution in [0.3, 0.4) is 0 Å². The van der Waals surface area contributed by atoms with Gasteiger partial charge in [-0.2, -0.15) is 5.10 Å². The molecule has 3 aromatic rings. The SMILES string of the molecule is NS(=O)(=O)c1cc(N2CCNCC2C(=O)C2CCCC2)c2cnn(-c3nnc(C(F)F)s3)c2c1. The molecule has 1 atom stereocenters. The van der Waals surface area contributed by atoms with Crippen LogP contribution in [0, 0.1) is 5.92 Å². The Balaban J connectivity index is 1.64. The number of carbonyl (C=O) groups excluding carboxylic acids is 1. The highest BCUT2D eigenvalue weighted by Gasteiger charge is 2.36. The zero-order valence-corrected chi connectivity index (χ0v) is 19.7. The Hall–Kier alpha value is -2.55. The zero-order chi connectivity index (χ0) is 24.0. The van der Waals surface area contributed by atoms with Crippen LogP contribution in [0.5, 0.6) is 0 Å². The quantitative estimate of drug-likeness (QED) is 0.513. The predicted molar refractivity (Wildman–Crippen MR) is 122 cm³/mol. The van der Waals surface area contributed by atoms with Gasteiger partial charge in [0, 0.05) is 36.6 Å². The molecule has 182 valence electrons.